The van der Waals surface area contributed by atoms with Crippen molar-refractivity contribution < 1.29 is 51.4 Å². The van der Waals surface area contributed by atoms with Gasteiger partial charge in [-0.25, -0.2) is 0 Å². The van der Waals surface area contributed by atoms with Crippen LogP contribution in [-0.2, 0) is 84.2 Å². The molecule has 19 heteroatoms. The number of nitrogens with two attached hydrogens (primary N) is 2. The Morgan fingerprint density at radius 2 is 1.43 bits per heavy atom. The minimum atomic E-state index is -1.34. The Bertz CT molecular complexity index is 819. The number of nitrogens with zero attached hydrogens (tertiary/aromatic N) is 2. The number of hydrogen-bond donors (Lipinski definition) is 7. The van der Waals surface area contributed by atoms with Crippen LogP contribution in [-0.4, -0.2) is 114 Å². The van der Waals surface area contributed by atoms with E-state index in [9.17, 15) is 24.0 Å². The van der Waals surface area contributed by atoms with Gasteiger partial charge in [0.1, 0.15) is 12.1 Å². The molecule has 40 heavy (non-hydrogen) atoms. The molecule has 2 atom stereocenters. The van der Waals surface area contributed by atoms with Gasteiger partial charge in [-0.3, -0.25) is 33.9 Å². The summed E-state index contributed by atoms with van der Waals surface area (Å²) in [4.78, 5) is 66.7. The van der Waals surface area contributed by atoms with Crippen molar-refractivity contribution in [3.63, 3.8) is 0 Å². The molecule has 0 saturated heterocycles. The minimum absolute atomic E-state index is 0.0110. The maximum absolute atomic E-state index is 12.8. The number of carboxylic acid groups (broad SMARTS) is 1. The molecule has 0 aliphatic rings. The molecule has 15 nitrogen and oxygen atoms in total. The molecule has 0 spiro atoms. The van der Waals surface area contributed by atoms with Crippen LogP contribution in [0, 0.1) is 0 Å². The van der Waals surface area contributed by atoms with Crippen LogP contribution in [0.3, 0.4) is 0 Å². The average molecular weight is 709 g/mol. The number of amides is 4. The van der Waals surface area contributed by atoms with Gasteiger partial charge in [0, 0.05) is 13.1 Å². The zero-order chi connectivity index (χ0) is 30.9. The second-order valence-electron chi connectivity index (χ2n) is 8.04. The number of aliphatic imine (C=N–C) groups is 1. The first-order valence-corrected chi connectivity index (χ1v) is 14.6. The van der Waals surface area contributed by atoms with Gasteiger partial charge in [0.25, 0.3) is 0 Å². The molecular formula is C21H37N8O7S3Tc. The number of rotatable bonds is 21. The van der Waals surface area contributed by atoms with Gasteiger partial charge in [-0.2, -0.15) is 17.3 Å². The fourth-order valence-electron chi connectivity index (χ4n) is 3.07. The van der Waals surface area contributed by atoms with E-state index in [4.69, 9.17) is 58.0 Å². The molecule has 0 fully saturated rings. The number of carboxylic acids is 1. The van der Waals surface area contributed by atoms with E-state index in [1.54, 1.807) is 4.90 Å². The van der Waals surface area contributed by atoms with Crippen molar-refractivity contribution in [3.8, 4) is 0 Å². The third kappa shape index (κ3) is 21.8. The van der Waals surface area contributed by atoms with Crippen molar-refractivity contribution in [2.45, 2.75) is 37.8 Å². The van der Waals surface area contributed by atoms with Gasteiger partial charge >= 0.3 is 28.3 Å². The van der Waals surface area contributed by atoms with Crippen LogP contribution in [0.2, 0.25) is 0 Å². The Kier molecular flexibility index (Phi) is 26.2. The zero-order valence-corrected chi connectivity index (χ0v) is 26.2. The summed E-state index contributed by atoms with van der Waals surface area (Å²) >= 11 is 15.6. The predicted molar refractivity (Wildman–Crippen MR) is 150 cm³/mol. The van der Waals surface area contributed by atoms with E-state index in [0.717, 1.165) is 18.9 Å². The third-order valence-corrected chi connectivity index (χ3v) is 5.51. The quantitative estimate of drug-likeness (QED) is 0.0260. The first-order chi connectivity index (χ1) is 19.0. The normalized spacial score (nSPS) is 11.7. The number of nitrogens with one attached hydrogen (secondary N) is 4. The first kappa shape index (κ1) is 40.2. The van der Waals surface area contributed by atoms with Gasteiger partial charge in [0.15, 0.2) is 5.96 Å². The molecule has 0 rings (SSSR count). The zero-order valence-electron chi connectivity index (χ0n) is 21.9. The molecule has 0 saturated carbocycles. The van der Waals surface area contributed by atoms with Crippen LogP contribution in [0.25, 0.3) is 0 Å². The fourth-order valence-corrected chi connectivity index (χ4v) is 3.73. The van der Waals surface area contributed by atoms with Crippen molar-refractivity contribution in [2.75, 3.05) is 56.5 Å². The molecule has 4 amide bonds. The van der Waals surface area contributed by atoms with Gasteiger partial charge in [-0.05, 0) is 25.9 Å². The Morgan fingerprint density at radius 3 is 1.95 bits per heavy atom. The molecule has 0 radical (unpaired) electrons. The van der Waals surface area contributed by atoms with E-state index in [0.29, 0.717) is 43.2 Å². The second kappa shape index (κ2) is 26.0. The Hall–Kier alpha value is -1.92. The standard InChI is InChI=1S/C21H40N8O6S3.O.Tc/c22-21(23)25-4-1-3-14(27-17(31)13-29(6-9-37)7-10-38)19(34)26-12-16(30)28-15(11-18(32)33)20(35)24-5-2-8-36;;/h14-15,36-38H,1-13H2,(H,24,35)(H,26,34)(H,27,31)(H,28,30)(H,32,33)(H4,22,23,25);;/q;;+3/p-3/t14-,15-;;/m0../s1/i;;1+1. The SMILES string of the molecule is NC(N)=NCCC[C@H](NC(=O)CN(CC[S-])CC[S-])C(=O)NCC(=O)N[C@@H](CC(=O)O)C(=O)NCCC[S-].[O]=[99Tc+3]. The van der Waals surface area contributed by atoms with Crippen molar-refractivity contribution in [3.05, 3.63) is 0 Å². The van der Waals surface area contributed by atoms with Crippen molar-refractivity contribution in [1.82, 2.24) is 26.2 Å². The Morgan fingerprint density at radius 1 is 0.850 bits per heavy atom. The van der Waals surface area contributed by atoms with Gasteiger partial charge < -0.3 is 75.7 Å². The van der Waals surface area contributed by atoms with E-state index in [1.807, 2.05) is 0 Å². The molecule has 0 heterocycles. The van der Waals surface area contributed by atoms with Gasteiger partial charge in [0.05, 0.1) is 19.5 Å². The van der Waals surface area contributed by atoms with Gasteiger partial charge in [-0.1, -0.05) is 6.42 Å². The van der Waals surface area contributed by atoms with Crippen LogP contribution in [0.1, 0.15) is 25.7 Å². The summed E-state index contributed by atoms with van der Waals surface area (Å²) in [5.41, 5.74) is 10.6. The number of carbonyl (C=O) groups is 5. The van der Waals surface area contributed by atoms with E-state index in [1.165, 1.54) is 0 Å². The maximum atomic E-state index is 12.8. The summed E-state index contributed by atoms with van der Waals surface area (Å²) < 4.78 is 8.22. The van der Waals surface area contributed by atoms with Crippen molar-refractivity contribution in [2.24, 2.45) is 16.5 Å². The van der Waals surface area contributed by atoms with Crippen LogP contribution >= 0.6 is 0 Å². The van der Waals surface area contributed by atoms with Crippen LogP contribution < -0.4 is 32.7 Å². The summed E-state index contributed by atoms with van der Waals surface area (Å²) in [6.07, 6.45) is 0.397. The monoisotopic (exact) mass is 708 g/mol. The molecule has 9 N–H and O–H groups in total. The van der Waals surface area contributed by atoms with E-state index >= 15 is 0 Å². The van der Waals surface area contributed by atoms with E-state index < -0.39 is 54.6 Å². The number of hydrogen-bond acceptors (Lipinski definition) is 11. The summed E-state index contributed by atoms with van der Waals surface area (Å²) in [5.74, 6) is -2.71. The molecule has 0 unspecified atom stereocenters. The molecule has 0 bridgehead atoms. The van der Waals surface area contributed by atoms with Crippen LogP contribution in [0.15, 0.2) is 4.99 Å². The molecular weight excluding hydrogens is 671 g/mol. The summed E-state index contributed by atoms with van der Waals surface area (Å²) in [7, 11) is 0. The average Bonchev–Trinajstić information content (AvgIpc) is 2.89. The van der Waals surface area contributed by atoms with Gasteiger partial charge in [0.2, 0.25) is 23.6 Å². The van der Waals surface area contributed by atoms with E-state index in [-0.39, 0.29) is 32.0 Å². The Labute approximate surface area is 260 Å². The number of carbonyl (C=O) groups excluding carboxylic acids is 4. The Balaban J connectivity index is 0. The fraction of sp³-hybridized carbons (Fsp3) is 0.714. The topological polar surface area (TPSA) is 238 Å². The van der Waals surface area contributed by atoms with Crippen LogP contribution in [0.5, 0.6) is 0 Å². The third-order valence-electron chi connectivity index (χ3n) is 4.85. The summed E-state index contributed by atoms with van der Waals surface area (Å²) in [6, 6.07) is -2.34. The molecule has 0 aliphatic heterocycles. The van der Waals surface area contributed by atoms with Crippen molar-refractivity contribution in [1.29, 1.82) is 0 Å². The number of aliphatic carboxylic acids is 1. The first-order valence-electron chi connectivity index (χ1n) is 12.1. The van der Waals surface area contributed by atoms with Crippen molar-refractivity contribution >= 4 is 73.4 Å². The summed E-state index contributed by atoms with van der Waals surface area (Å²) in [6.45, 7) is 0.870. The second-order valence-corrected chi connectivity index (χ2v) is 9.26. The van der Waals surface area contributed by atoms with Crippen LogP contribution in [0.4, 0.5) is 0 Å². The molecule has 0 aromatic rings. The molecule has 0 aliphatic carbocycles. The molecule has 0 aromatic carbocycles. The van der Waals surface area contributed by atoms with Gasteiger partial charge in [-0.15, -0.1) is 0 Å². The predicted octanol–water partition coefficient (Wildman–Crippen LogP) is -4.07. The molecule has 228 valence electrons. The number of guanidine groups is 1. The molecule has 0 aromatic heterocycles. The van der Waals surface area contributed by atoms with E-state index in [2.05, 4.69) is 26.3 Å². The summed E-state index contributed by atoms with van der Waals surface area (Å²) in [5, 5.41) is 18.9.